The summed E-state index contributed by atoms with van der Waals surface area (Å²) < 4.78 is 0. The molecule has 0 saturated carbocycles. The minimum Gasteiger partial charge on any atom is -0.0619 e. The van der Waals surface area contributed by atoms with Crippen LogP contribution >= 0.6 is 0 Å². The maximum atomic E-state index is 2.44. The maximum Gasteiger partial charge on any atom is 0.0159 e. The highest BCUT2D eigenvalue weighted by molar-refractivity contribution is 6.25. The molecule has 258 valence electrons. The highest BCUT2D eigenvalue weighted by Crippen LogP contribution is 2.50. The van der Waals surface area contributed by atoms with Gasteiger partial charge in [0.1, 0.15) is 0 Å². The van der Waals surface area contributed by atoms with Crippen LogP contribution in [-0.4, -0.2) is 0 Å². The molecular weight excluding hydrogens is 661 g/mol. The van der Waals surface area contributed by atoms with Gasteiger partial charge in [0.05, 0.1) is 0 Å². The minimum atomic E-state index is -0.0240. The Morgan fingerprint density at radius 2 is 0.691 bits per heavy atom. The van der Waals surface area contributed by atoms with E-state index in [1.807, 2.05) is 0 Å². The molecule has 0 aliphatic heterocycles. The molecule has 0 N–H and O–H groups in total. The molecule has 0 radical (unpaired) electrons. The quantitative estimate of drug-likeness (QED) is 0.161. The summed E-state index contributed by atoms with van der Waals surface area (Å²) in [6.45, 7) is 4.71. The van der Waals surface area contributed by atoms with Gasteiger partial charge in [-0.2, -0.15) is 0 Å². The van der Waals surface area contributed by atoms with E-state index in [4.69, 9.17) is 0 Å². The van der Waals surface area contributed by atoms with E-state index in [1.165, 1.54) is 110 Å². The van der Waals surface area contributed by atoms with Crippen molar-refractivity contribution in [2.24, 2.45) is 0 Å². The van der Waals surface area contributed by atoms with Crippen LogP contribution < -0.4 is 0 Å². The first-order valence-corrected chi connectivity index (χ1v) is 19.3. The molecule has 0 heteroatoms. The van der Waals surface area contributed by atoms with Crippen molar-refractivity contribution < 1.29 is 0 Å². The van der Waals surface area contributed by atoms with Gasteiger partial charge in [-0.15, -0.1) is 0 Å². The predicted octanol–water partition coefficient (Wildman–Crippen LogP) is 15.3. The van der Waals surface area contributed by atoms with Crippen molar-refractivity contribution >= 4 is 43.1 Å². The molecule has 1 aliphatic carbocycles. The number of fused-ring (bicyclic) bond motifs is 7. The molecule has 0 amide bonds. The second kappa shape index (κ2) is 12.1. The normalized spacial score (nSPS) is 13.1. The van der Waals surface area contributed by atoms with E-state index in [-0.39, 0.29) is 5.41 Å². The van der Waals surface area contributed by atoms with Crippen molar-refractivity contribution in [2.45, 2.75) is 19.3 Å². The SMILES string of the molecule is CC1(C)c2ccccc2-c2ccc(-c3ccc(-c4ccc5c(-c6cccc7ccccc67)c6ccccc6c(-c6cccc7ccccc67)c5c4)cc3)cc21. The molecule has 0 unspecified atom stereocenters. The van der Waals surface area contributed by atoms with Gasteiger partial charge in [-0.3, -0.25) is 0 Å². The van der Waals surface area contributed by atoms with Gasteiger partial charge >= 0.3 is 0 Å². The van der Waals surface area contributed by atoms with E-state index in [2.05, 4.69) is 208 Å². The van der Waals surface area contributed by atoms with Gasteiger partial charge in [0, 0.05) is 5.41 Å². The van der Waals surface area contributed by atoms with Crippen molar-refractivity contribution in [1.82, 2.24) is 0 Å². The Labute approximate surface area is 322 Å². The maximum absolute atomic E-state index is 2.44. The van der Waals surface area contributed by atoms with Gasteiger partial charge in [0.15, 0.2) is 0 Å². The molecule has 10 aromatic carbocycles. The largest absolute Gasteiger partial charge is 0.0619 e. The van der Waals surface area contributed by atoms with Crippen LogP contribution in [0.4, 0.5) is 0 Å². The Balaban J connectivity index is 1.12. The lowest BCUT2D eigenvalue weighted by molar-refractivity contribution is 0.660. The van der Waals surface area contributed by atoms with Crippen LogP contribution in [0.3, 0.4) is 0 Å². The molecule has 0 saturated heterocycles. The summed E-state index contributed by atoms with van der Waals surface area (Å²) in [6, 6.07) is 72.2. The van der Waals surface area contributed by atoms with Crippen molar-refractivity contribution in [2.75, 3.05) is 0 Å². The Kier molecular flexibility index (Phi) is 7.00. The number of hydrogen-bond acceptors (Lipinski definition) is 0. The fraction of sp³-hybridized carbons (Fsp3) is 0.0545. The van der Waals surface area contributed by atoms with Gasteiger partial charge in [0.25, 0.3) is 0 Å². The summed E-state index contributed by atoms with van der Waals surface area (Å²) in [4.78, 5) is 0. The standard InChI is InChI=1S/C55H38/c1-55(2)51-24-10-9-19-43(51)44-31-29-40(34-52(44)55)36-27-25-35(26-28-36)39-30-32-49-50(33-39)54(46-23-12-16-38-14-4-6-18-42(38)46)48-21-8-7-20-47(48)53(49)45-22-11-15-37-13-3-5-17-41(37)45/h3-34H,1-2H3. The third kappa shape index (κ3) is 4.85. The van der Waals surface area contributed by atoms with E-state index in [1.54, 1.807) is 0 Å². The monoisotopic (exact) mass is 698 g/mol. The van der Waals surface area contributed by atoms with Gasteiger partial charge in [-0.1, -0.05) is 196 Å². The van der Waals surface area contributed by atoms with E-state index < -0.39 is 0 Å². The molecule has 10 aromatic rings. The molecule has 55 heavy (non-hydrogen) atoms. The van der Waals surface area contributed by atoms with Crippen LogP contribution in [-0.2, 0) is 5.41 Å². The fourth-order valence-corrected chi connectivity index (χ4v) is 9.56. The van der Waals surface area contributed by atoms with Crippen LogP contribution in [0.15, 0.2) is 194 Å². The van der Waals surface area contributed by atoms with Crippen LogP contribution in [0, 0.1) is 0 Å². The first-order chi connectivity index (χ1) is 27.0. The Morgan fingerprint density at radius 1 is 0.273 bits per heavy atom. The summed E-state index contributed by atoms with van der Waals surface area (Å²) >= 11 is 0. The minimum absolute atomic E-state index is 0.0240. The summed E-state index contributed by atoms with van der Waals surface area (Å²) in [7, 11) is 0. The van der Waals surface area contributed by atoms with Gasteiger partial charge < -0.3 is 0 Å². The van der Waals surface area contributed by atoms with Crippen LogP contribution in [0.5, 0.6) is 0 Å². The fourth-order valence-electron chi connectivity index (χ4n) is 9.56. The zero-order valence-electron chi connectivity index (χ0n) is 31.0. The Morgan fingerprint density at radius 3 is 1.33 bits per heavy atom. The zero-order chi connectivity index (χ0) is 36.7. The van der Waals surface area contributed by atoms with E-state index in [0.717, 1.165) is 0 Å². The lowest BCUT2D eigenvalue weighted by atomic mass is 9.81. The highest BCUT2D eigenvalue weighted by atomic mass is 14.4. The zero-order valence-corrected chi connectivity index (χ0v) is 31.0. The summed E-state index contributed by atoms with van der Waals surface area (Å²) in [6.07, 6.45) is 0. The molecule has 0 nitrogen and oxygen atoms in total. The second-order valence-corrected chi connectivity index (χ2v) is 15.6. The van der Waals surface area contributed by atoms with Crippen LogP contribution in [0.2, 0.25) is 0 Å². The van der Waals surface area contributed by atoms with Gasteiger partial charge in [-0.25, -0.2) is 0 Å². The first kappa shape index (κ1) is 31.7. The smallest absolute Gasteiger partial charge is 0.0159 e. The first-order valence-electron chi connectivity index (χ1n) is 19.3. The molecule has 0 aromatic heterocycles. The summed E-state index contributed by atoms with van der Waals surface area (Å²) in [5.74, 6) is 0. The number of hydrogen-bond donors (Lipinski definition) is 0. The molecule has 0 heterocycles. The molecule has 0 spiro atoms. The molecule has 1 aliphatic rings. The topological polar surface area (TPSA) is 0 Å². The third-order valence-corrected chi connectivity index (χ3v) is 12.3. The molecule has 0 bridgehead atoms. The Hall–Kier alpha value is -6.76. The molecule has 0 fully saturated rings. The van der Waals surface area contributed by atoms with Gasteiger partial charge in [0.2, 0.25) is 0 Å². The predicted molar refractivity (Wildman–Crippen MR) is 236 cm³/mol. The van der Waals surface area contributed by atoms with Gasteiger partial charge in [-0.05, 0) is 122 Å². The number of benzene rings is 10. The molecule has 0 atom stereocenters. The summed E-state index contributed by atoms with van der Waals surface area (Å²) in [5.41, 5.74) is 15.5. The van der Waals surface area contributed by atoms with Crippen molar-refractivity contribution in [3.8, 4) is 55.6 Å². The van der Waals surface area contributed by atoms with E-state index in [0.29, 0.717) is 0 Å². The second-order valence-electron chi connectivity index (χ2n) is 15.6. The third-order valence-electron chi connectivity index (χ3n) is 12.3. The van der Waals surface area contributed by atoms with Crippen LogP contribution in [0.25, 0.3) is 98.7 Å². The average molecular weight is 699 g/mol. The summed E-state index contributed by atoms with van der Waals surface area (Å²) in [5, 5.41) is 10.1. The van der Waals surface area contributed by atoms with E-state index >= 15 is 0 Å². The van der Waals surface area contributed by atoms with Crippen molar-refractivity contribution in [3.05, 3.63) is 205 Å². The average Bonchev–Trinajstić information content (AvgIpc) is 3.47. The van der Waals surface area contributed by atoms with Crippen LogP contribution in [0.1, 0.15) is 25.0 Å². The Bertz CT molecular complexity index is 3150. The van der Waals surface area contributed by atoms with E-state index in [9.17, 15) is 0 Å². The van der Waals surface area contributed by atoms with Crippen molar-refractivity contribution in [3.63, 3.8) is 0 Å². The van der Waals surface area contributed by atoms with Crippen molar-refractivity contribution in [1.29, 1.82) is 0 Å². The molecular formula is C55H38. The lowest BCUT2D eigenvalue weighted by Gasteiger charge is -2.22. The molecule has 11 rings (SSSR count). The lowest BCUT2D eigenvalue weighted by Crippen LogP contribution is -2.14. The highest BCUT2D eigenvalue weighted by Gasteiger charge is 2.35. The number of rotatable bonds is 4.